The quantitative estimate of drug-likeness (QED) is 0.901. The topological polar surface area (TPSA) is 42.4 Å². The SMILES string of the molecule is CCc1cc(O)c(Oc2cccnc2C)cc1F. The monoisotopic (exact) mass is 247 g/mol. The van der Waals surface area contributed by atoms with E-state index in [2.05, 4.69) is 4.98 Å². The number of aromatic nitrogens is 1. The summed E-state index contributed by atoms with van der Waals surface area (Å²) < 4.78 is 19.1. The third-order valence-corrected chi connectivity index (χ3v) is 2.69. The van der Waals surface area contributed by atoms with Crippen molar-refractivity contribution in [3.8, 4) is 17.2 Å². The standard InChI is InChI=1S/C14H14FNO2/c1-3-10-7-12(17)14(8-11(10)15)18-13-5-4-6-16-9(13)2/h4-8,17H,3H2,1-2H3. The van der Waals surface area contributed by atoms with E-state index in [-0.39, 0.29) is 17.3 Å². The fourth-order valence-corrected chi connectivity index (χ4v) is 1.64. The van der Waals surface area contributed by atoms with Crippen molar-refractivity contribution in [2.45, 2.75) is 20.3 Å². The number of hydrogen-bond acceptors (Lipinski definition) is 3. The fourth-order valence-electron chi connectivity index (χ4n) is 1.64. The zero-order valence-corrected chi connectivity index (χ0v) is 10.3. The molecule has 0 unspecified atom stereocenters. The van der Waals surface area contributed by atoms with E-state index < -0.39 is 0 Å². The normalized spacial score (nSPS) is 10.4. The molecule has 1 aromatic carbocycles. The molecule has 4 heteroatoms. The first-order valence-corrected chi connectivity index (χ1v) is 5.72. The zero-order valence-electron chi connectivity index (χ0n) is 10.3. The van der Waals surface area contributed by atoms with Crippen molar-refractivity contribution < 1.29 is 14.2 Å². The van der Waals surface area contributed by atoms with Gasteiger partial charge in [-0.3, -0.25) is 4.98 Å². The first-order valence-electron chi connectivity index (χ1n) is 5.72. The van der Waals surface area contributed by atoms with Crippen LogP contribution in [0.5, 0.6) is 17.2 Å². The molecular formula is C14H14FNO2. The Balaban J connectivity index is 2.35. The molecule has 0 aliphatic heterocycles. The van der Waals surface area contributed by atoms with Gasteiger partial charge in [0.25, 0.3) is 0 Å². The summed E-state index contributed by atoms with van der Waals surface area (Å²) in [7, 11) is 0. The number of benzene rings is 1. The van der Waals surface area contributed by atoms with E-state index in [1.54, 1.807) is 25.3 Å². The molecule has 0 amide bonds. The van der Waals surface area contributed by atoms with Crippen LogP contribution in [0.15, 0.2) is 30.5 Å². The lowest BCUT2D eigenvalue weighted by atomic mass is 10.1. The van der Waals surface area contributed by atoms with Crippen LogP contribution in [0, 0.1) is 12.7 Å². The Bertz CT molecular complexity index is 570. The molecule has 0 aliphatic carbocycles. The highest BCUT2D eigenvalue weighted by molar-refractivity contribution is 5.45. The Labute approximate surface area is 105 Å². The Morgan fingerprint density at radius 1 is 1.33 bits per heavy atom. The number of phenolic OH excluding ortho intramolecular Hbond substituents is 1. The molecule has 0 atom stereocenters. The van der Waals surface area contributed by atoms with Crippen molar-refractivity contribution in [1.29, 1.82) is 0 Å². The number of pyridine rings is 1. The van der Waals surface area contributed by atoms with Crippen molar-refractivity contribution in [3.05, 3.63) is 47.5 Å². The Morgan fingerprint density at radius 3 is 2.78 bits per heavy atom. The second-order valence-electron chi connectivity index (χ2n) is 3.95. The molecule has 1 aromatic heterocycles. The maximum Gasteiger partial charge on any atom is 0.172 e. The van der Waals surface area contributed by atoms with Crippen LogP contribution in [0.25, 0.3) is 0 Å². The molecule has 0 saturated heterocycles. The van der Waals surface area contributed by atoms with Gasteiger partial charge in [-0.15, -0.1) is 0 Å². The van der Waals surface area contributed by atoms with E-state index in [1.165, 1.54) is 12.1 Å². The van der Waals surface area contributed by atoms with Crippen LogP contribution in [0.2, 0.25) is 0 Å². The lowest BCUT2D eigenvalue weighted by Gasteiger charge is -2.10. The fraction of sp³-hybridized carbons (Fsp3) is 0.214. The third kappa shape index (κ3) is 2.42. The molecule has 18 heavy (non-hydrogen) atoms. The molecule has 0 bridgehead atoms. The van der Waals surface area contributed by atoms with Crippen molar-refractivity contribution in [2.24, 2.45) is 0 Å². The molecule has 0 fully saturated rings. The second kappa shape index (κ2) is 5.04. The summed E-state index contributed by atoms with van der Waals surface area (Å²) >= 11 is 0. The number of aryl methyl sites for hydroxylation is 2. The van der Waals surface area contributed by atoms with Gasteiger partial charge in [0.05, 0.1) is 5.69 Å². The maximum absolute atomic E-state index is 13.6. The minimum Gasteiger partial charge on any atom is -0.504 e. The summed E-state index contributed by atoms with van der Waals surface area (Å²) in [6.07, 6.45) is 2.16. The third-order valence-electron chi connectivity index (χ3n) is 2.69. The summed E-state index contributed by atoms with van der Waals surface area (Å²) in [6, 6.07) is 6.01. The summed E-state index contributed by atoms with van der Waals surface area (Å²) in [5.74, 6) is 0.139. The predicted octanol–water partition coefficient (Wildman–Crippen LogP) is 3.59. The molecule has 1 heterocycles. The van der Waals surface area contributed by atoms with Crippen LogP contribution in [0.3, 0.4) is 0 Å². The van der Waals surface area contributed by atoms with Gasteiger partial charge in [0, 0.05) is 12.3 Å². The van der Waals surface area contributed by atoms with Crippen molar-refractivity contribution in [3.63, 3.8) is 0 Å². The number of halogens is 1. The lowest BCUT2D eigenvalue weighted by molar-refractivity contribution is 0.403. The smallest absolute Gasteiger partial charge is 0.172 e. The highest BCUT2D eigenvalue weighted by atomic mass is 19.1. The first-order chi connectivity index (χ1) is 8.61. The Kier molecular flexibility index (Phi) is 3.46. The second-order valence-corrected chi connectivity index (χ2v) is 3.95. The summed E-state index contributed by atoms with van der Waals surface area (Å²) in [5, 5.41) is 9.79. The summed E-state index contributed by atoms with van der Waals surface area (Å²) in [5.41, 5.74) is 1.14. The van der Waals surface area contributed by atoms with Gasteiger partial charge in [-0.2, -0.15) is 0 Å². The molecule has 2 rings (SSSR count). The van der Waals surface area contributed by atoms with Crippen LogP contribution in [0.4, 0.5) is 4.39 Å². The molecule has 0 aliphatic rings. The van der Waals surface area contributed by atoms with Crippen LogP contribution in [0.1, 0.15) is 18.2 Å². The van der Waals surface area contributed by atoms with Crippen LogP contribution < -0.4 is 4.74 Å². The van der Waals surface area contributed by atoms with Crippen LogP contribution >= 0.6 is 0 Å². The molecule has 1 N–H and O–H groups in total. The van der Waals surface area contributed by atoms with E-state index in [0.29, 0.717) is 23.4 Å². The molecule has 2 aromatic rings. The Hall–Kier alpha value is -2.10. The van der Waals surface area contributed by atoms with Crippen molar-refractivity contribution in [1.82, 2.24) is 4.98 Å². The van der Waals surface area contributed by atoms with Crippen LogP contribution in [-0.2, 0) is 6.42 Å². The van der Waals surface area contributed by atoms with Crippen molar-refractivity contribution >= 4 is 0 Å². The van der Waals surface area contributed by atoms with Gasteiger partial charge in [0.1, 0.15) is 11.6 Å². The van der Waals surface area contributed by atoms with Crippen molar-refractivity contribution in [2.75, 3.05) is 0 Å². The zero-order chi connectivity index (χ0) is 13.1. The van der Waals surface area contributed by atoms with Gasteiger partial charge in [0.2, 0.25) is 0 Å². The molecule has 0 saturated carbocycles. The predicted molar refractivity (Wildman–Crippen MR) is 66.5 cm³/mol. The highest BCUT2D eigenvalue weighted by Gasteiger charge is 2.11. The lowest BCUT2D eigenvalue weighted by Crippen LogP contribution is -1.93. The average molecular weight is 247 g/mol. The van der Waals surface area contributed by atoms with E-state index in [1.807, 2.05) is 6.92 Å². The molecule has 0 radical (unpaired) electrons. The van der Waals surface area contributed by atoms with E-state index in [9.17, 15) is 9.50 Å². The first kappa shape index (κ1) is 12.4. The van der Waals surface area contributed by atoms with Gasteiger partial charge in [-0.1, -0.05) is 6.92 Å². The summed E-state index contributed by atoms with van der Waals surface area (Å²) in [6.45, 7) is 3.60. The molecule has 3 nitrogen and oxygen atoms in total. The van der Waals surface area contributed by atoms with Crippen LogP contribution in [-0.4, -0.2) is 10.1 Å². The molecule has 94 valence electrons. The number of rotatable bonds is 3. The highest BCUT2D eigenvalue weighted by Crippen LogP contribution is 2.33. The average Bonchev–Trinajstić information content (AvgIpc) is 2.36. The van der Waals surface area contributed by atoms with Gasteiger partial charge >= 0.3 is 0 Å². The number of ether oxygens (including phenoxy) is 1. The van der Waals surface area contributed by atoms with Gasteiger partial charge in [-0.25, -0.2) is 4.39 Å². The largest absolute Gasteiger partial charge is 0.504 e. The molecule has 0 spiro atoms. The minimum atomic E-state index is -0.383. The number of hydrogen-bond donors (Lipinski definition) is 1. The maximum atomic E-state index is 13.6. The number of phenols is 1. The molecular weight excluding hydrogens is 233 g/mol. The number of nitrogens with zero attached hydrogens (tertiary/aromatic N) is 1. The van der Waals surface area contributed by atoms with Gasteiger partial charge in [0.15, 0.2) is 11.5 Å². The number of aromatic hydroxyl groups is 1. The summed E-state index contributed by atoms with van der Waals surface area (Å²) in [4.78, 5) is 4.06. The minimum absolute atomic E-state index is 0.0727. The Morgan fingerprint density at radius 2 is 2.11 bits per heavy atom. The van der Waals surface area contributed by atoms with Gasteiger partial charge < -0.3 is 9.84 Å². The van der Waals surface area contributed by atoms with E-state index >= 15 is 0 Å². The van der Waals surface area contributed by atoms with E-state index in [0.717, 1.165) is 0 Å². The van der Waals surface area contributed by atoms with Gasteiger partial charge in [-0.05, 0) is 37.1 Å². The van der Waals surface area contributed by atoms with E-state index in [4.69, 9.17) is 4.74 Å².